The van der Waals surface area contributed by atoms with E-state index < -0.39 is 0 Å². The average molecular weight is 266 g/mol. The van der Waals surface area contributed by atoms with Gasteiger partial charge in [0, 0.05) is 59.7 Å². The van der Waals surface area contributed by atoms with Crippen molar-refractivity contribution < 1.29 is 9.59 Å². The summed E-state index contributed by atoms with van der Waals surface area (Å²) < 4.78 is 0. The van der Waals surface area contributed by atoms with Crippen molar-refractivity contribution in [2.24, 2.45) is 0 Å². The van der Waals surface area contributed by atoms with Crippen molar-refractivity contribution in [3.8, 4) is 6.07 Å². The first-order chi connectivity index (χ1) is 9.04. The minimum atomic E-state index is 0.0734. The zero-order valence-electron chi connectivity index (χ0n) is 11.8. The third kappa shape index (κ3) is 5.26. The lowest BCUT2D eigenvalue weighted by molar-refractivity contribution is -0.132. The Morgan fingerprint density at radius 1 is 1.26 bits per heavy atom. The Morgan fingerprint density at radius 2 is 1.89 bits per heavy atom. The van der Waals surface area contributed by atoms with Gasteiger partial charge in [-0.15, -0.1) is 0 Å². The molecule has 1 fully saturated rings. The first kappa shape index (κ1) is 15.4. The maximum Gasteiger partial charge on any atom is 0.223 e. The van der Waals surface area contributed by atoms with Crippen LogP contribution in [0.3, 0.4) is 0 Å². The molecule has 6 nitrogen and oxygen atoms in total. The monoisotopic (exact) mass is 266 g/mol. The van der Waals surface area contributed by atoms with Crippen LogP contribution in [0.25, 0.3) is 0 Å². The summed E-state index contributed by atoms with van der Waals surface area (Å²) in [7, 11) is 1.73. The topological polar surface area (TPSA) is 67.7 Å². The highest BCUT2D eigenvalue weighted by molar-refractivity contribution is 5.76. The van der Waals surface area contributed by atoms with Crippen molar-refractivity contribution in [3.63, 3.8) is 0 Å². The van der Waals surface area contributed by atoms with Crippen LogP contribution in [0.1, 0.15) is 19.8 Å². The highest BCUT2D eigenvalue weighted by atomic mass is 16.2. The number of amides is 2. The quantitative estimate of drug-likeness (QED) is 0.697. The summed E-state index contributed by atoms with van der Waals surface area (Å²) in [6.07, 6.45) is 0.849. The molecule has 0 atom stereocenters. The van der Waals surface area contributed by atoms with Gasteiger partial charge in [-0.3, -0.25) is 14.5 Å². The Balaban J connectivity index is 2.21. The molecule has 1 heterocycles. The molecule has 0 radical (unpaired) electrons. The molecule has 1 aliphatic heterocycles. The predicted molar refractivity (Wildman–Crippen MR) is 71.2 cm³/mol. The Bertz CT molecular complexity index is 356. The van der Waals surface area contributed by atoms with E-state index in [0.29, 0.717) is 19.4 Å². The van der Waals surface area contributed by atoms with Gasteiger partial charge in [0.05, 0.1) is 12.5 Å². The third-order valence-electron chi connectivity index (χ3n) is 3.44. The fourth-order valence-electron chi connectivity index (χ4n) is 2.07. The summed E-state index contributed by atoms with van der Waals surface area (Å²) in [5.74, 6) is 0.191. The number of hydrogen-bond donors (Lipinski definition) is 0. The lowest BCUT2D eigenvalue weighted by Gasteiger charge is -2.34. The third-order valence-corrected chi connectivity index (χ3v) is 3.44. The molecule has 1 saturated heterocycles. The van der Waals surface area contributed by atoms with Crippen molar-refractivity contribution >= 4 is 11.8 Å². The van der Waals surface area contributed by atoms with Gasteiger partial charge in [0.25, 0.3) is 0 Å². The van der Waals surface area contributed by atoms with Crippen LogP contribution in [0.15, 0.2) is 0 Å². The molecule has 0 aromatic rings. The number of nitriles is 1. The summed E-state index contributed by atoms with van der Waals surface area (Å²) in [4.78, 5) is 28.6. The SMILES string of the molecule is CC(=O)N1CCN(CCC(=O)N(C)CCC#N)CC1. The average Bonchev–Trinajstić information content (AvgIpc) is 2.42. The van der Waals surface area contributed by atoms with Gasteiger partial charge < -0.3 is 9.80 Å². The number of rotatable bonds is 5. The molecule has 1 aliphatic rings. The summed E-state index contributed by atoms with van der Waals surface area (Å²) in [5.41, 5.74) is 0. The molecule has 0 bridgehead atoms. The molecule has 0 spiro atoms. The van der Waals surface area contributed by atoms with Gasteiger partial charge >= 0.3 is 0 Å². The first-order valence-corrected chi connectivity index (χ1v) is 6.63. The molecule has 106 valence electrons. The predicted octanol–water partition coefficient (Wildman–Crippen LogP) is -0.0873. The Hall–Kier alpha value is -1.61. The molecule has 1 rings (SSSR count). The molecular formula is C13H22N4O2. The summed E-state index contributed by atoms with van der Waals surface area (Å²) in [6.45, 7) is 5.95. The fourth-order valence-corrected chi connectivity index (χ4v) is 2.07. The fraction of sp³-hybridized carbons (Fsp3) is 0.769. The first-order valence-electron chi connectivity index (χ1n) is 6.63. The van der Waals surface area contributed by atoms with Crippen LogP contribution in [0.5, 0.6) is 0 Å². The van der Waals surface area contributed by atoms with Crippen molar-refractivity contribution in [2.75, 3.05) is 46.3 Å². The molecular weight excluding hydrogens is 244 g/mol. The molecule has 0 saturated carbocycles. The number of nitrogens with zero attached hydrogens (tertiary/aromatic N) is 4. The van der Waals surface area contributed by atoms with Crippen LogP contribution in [-0.4, -0.2) is 72.8 Å². The van der Waals surface area contributed by atoms with Crippen LogP contribution in [0.4, 0.5) is 0 Å². The Labute approximate surface area is 114 Å². The lowest BCUT2D eigenvalue weighted by Crippen LogP contribution is -2.48. The van der Waals surface area contributed by atoms with E-state index in [2.05, 4.69) is 4.90 Å². The minimum absolute atomic E-state index is 0.0734. The zero-order chi connectivity index (χ0) is 14.3. The van der Waals surface area contributed by atoms with Gasteiger partial charge in [-0.25, -0.2) is 0 Å². The van der Waals surface area contributed by atoms with E-state index in [1.54, 1.807) is 18.9 Å². The maximum atomic E-state index is 11.8. The van der Waals surface area contributed by atoms with E-state index in [-0.39, 0.29) is 11.8 Å². The Kier molecular flexibility index (Phi) is 6.30. The van der Waals surface area contributed by atoms with E-state index in [0.717, 1.165) is 32.7 Å². The maximum absolute atomic E-state index is 11.8. The normalized spacial score (nSPS) is 15.9. The Morgan fingerprint density at radius 3 is 2.42 bits per heavy atom. The molecule has 19 heavy (non-hydrogen) atoms. The number of carbonyl (C=O) groups excluding carboxylic acids is 2. The second-order valence-corrected chi connectivity index (χ2v) is 4.82. The highest BCUT2D eigenvalue weighted by Crippen LogP contribution is 2.03. The second-order valence-electron chi connectivity index (χ2n) is 4.82. The largest absolute Gasteiger partial charge is 0.345 e. The van der Waals surface area contributed by atoms with Gasteiger partial charge in [-0.1, -0.05) is 0 Å². The van der Waals surface area contributed by atoms with Gasteiger partial charge in [-0.05, 0) is 0 Å². The molecule has 0 N–H and O–H groups in total. The van der Waals surface area contributed by atoms with Crippen molar-refractivity contribution in [3.05, 3.63) is 0 Å². The molecule has 0 aliphatic carbocycles. The van der Waals surface area contributed by atoms with E-state index in [4.69, 9.17) is 5.26 Å². The van der Waals surface area contributed by atoms with E-state index >= 15 is 0 Å². The smallest absolute Gasteiger partial charge is 0.223 e. The van der Waals surface area contributed by atoms with Crippen LogP contribution in [-0.2, 0) is 9.59 Å². The standard InChI is InChI=1S/C13H22N4O2/c1-12(18)17-10-8-16(9-11-17)7-4-13(19)15(2)6-3-5-14/h3-4,6-11H2,1-2H3. The molecule has 0 aromatic heterocycles. The minimum Gasteiger partial charge on any atom is -0.345 e. The van der Waals surface area contributed by atoms with E-state index in [1.807, 2.05) is 11.0 Å². The molecule has 0 aromatic carbocycles. The van der Waals surface area contributed by atoms with Crippen molar-refractivity contribution in [2.45, 2.75) is 19.8 Å². The molecule has 2 amide bonds. The molecule has 0 unspecified atom stereocenters. The van der Waals surface area contributed by atoms with Crippen LogP contribution < -0.4 is 0 Å². The van der Waals surface area contributed by atoms with Crippen LogP contribution in [0.2, 0.25) is 0 Å². The van der Waals surface area contributed by atoms with E-state index in [9.17, 15) is 9.59 Å². The van der Waals surface area contributed by atoms with Gasteiger partial charge in [0.15, 0.2) is 0 Å². The number of carbonyl (C=O) groups is 2. The van der Waals surface area contributed by atoms with Gasteiger partial charge in [0.1, 0.15) is 0 Å². The summed E-state index contributed by atoms with van der Waals surface area (Å²) >= 11 is 0. The highest BCUT2D eigenvalue weighted by Gasteiger charge is 2.19. The molecule has 6 heteroatoms. The zero-order valence-corrected chi connectivity index (χ0v) is 11.8. The van der Waals surface area contributed by atoms with Gasteiger partial charge in [-0.2, -0.15) is 5.26 Å². The van der Waals surface area contributed by atoms with Crippen LogP contribution >= 0.6 is 0 Å². The van der Waals surface area contributed by atoms with Gasteiger partial charge in [0.2, 0.25) is 11.8 Å². The number of hydrogen-bond acceptors (Lipinski definition) is 4. The van der Waals surface area contributed by atoms with Crippen molar-refractivity contribution in [1.82, 2.24) is 14.7 Å². The van der Waals surface area contributed by atoms with Crippen LogP contribution in [0, 0.1) is 11.3 Å². The van der Waals surface area contributed by atoms with Crippen molar-refractivity contribution in [1.29, 1.82) is 5.26 Å². The summed E-state index contributed by atoms with van der Waals surface area (Å²) in [5, 5.41) is 8.47. The summed E-state index contributed by atoms with van der Waals surface area (Å²) in [6, 6.07) is 2.03. The second kappa shape index (κ2) is 7.74. The number of piperazine rings is 1. The lowest BCUT2D eigenvalue weighted by atomic mass is 10.2. The van der Waals surface area contributed by atoms with E-state index in [1.165, 1.54) is 0 Å².